The van der Waals surface area contributed by atoms with Crippen LogP contribution in [0.25, 0.3) is 33.4 Å². The third-order valence-electron chi connectivity index (χ3n) is 5.89. The molecule has 0 unspecified atom stereocenters. The van der Waals surface area contributed by atoms with Gasteiger partial charge in [-0.3, -0.25) is 4.79 Å². The van der Waals surface area contributed by atoms with Crippen LogP contribution in [0.4, 0.5) is 0 Å². The van der Waals surface area contributed by atoms with E-state index in [-0.39, 0.29) is 12.2 Å². The van der Waals surface area contributed by atoms with Gasteiger partial charge < -0.3 is 9.67 Å². The normalized spacial score (nSPS) is 12.2. The highest BCUT2D eigenvalue weighted by Gasteiger charge is 2.27. The van der Waals surface area contributed by atoms with E-state index >= 15 is 0 Å². The molecule has 1 N–H and O–H groups in total. The van der Waals surface area contributed by atoms with Crippen LogP contribution in [0.3, 0.4) is 0 Å². The maximum atomic E-state index is 13.1. The number of fused-ring (bicyclic) bond motifs is 4. The lowest BCUT2D eigenvalue weighted by atomic mass is 9.93. The molecule has 2 aromatic carbocycles. The van der Waals surface area contributed by atoms with Crippen LogP contribution in [-0.2, 0) is 13.0 Å². The number of aliphatic hydroxyl groups is 1. The van der Waals surface area contributed by atoms with Crippen molar-refractivity contribution in [3.05, 3.63) is 87.2 Å². The predicted octanol–water partition coefficient (Wildman–Crippen LogP) is 4.24. The average Bonchev–Trinajstić information content (AvgIpc) is 3.09. The molecule has 0 atom stereocenters. The number of hydrogen-bond acceptors (Lipinski definition) is 3. The van der Waals surface area contributed by atoms with Gasteiger partial charge in [0.25, 0.3) is 5.56 Å². The summed E-state index contributed by atoms with van der Waals surface area (Å²) in [6, 6.07) is 18.7. The maximum Gasteiger partial charge on any atom is 0.254 e. The summed E-state index contributed by atoms with van der Waals surface area (Å²) in [6.45, 7) is 4.47. The zero-order valence-corrected chi connectivity index (χ0v) is 16.6. The zero-order valence-electron chi connectivity index (χ0n) is 16.6. The summed E-state index contributed by atoms with van der Waals surface area (Å²) in [4.78, 5) is 18.0. The zero-order chi connectivity index (χ0) is 20.1. The van der Waals surface area contributed by atoms with Crippen LogP contribution in [0, 0.1) is 13.8 Å². The number of benzene rings is 2. The predicted molar refractivity (Wildman–Crippen MR) is 116 cm³/mol. The first-order valence-corrected chi connectivity index (χ1v) is 9.91. The van der Waals surface area contributed by atoms with Crippen molar-refractivity contribution < 1.29 is 5.11 Å². The molecule has 0 saturated carbocycles. The van der Waals surface area contributed by atoms with Crippen LogP contribution in [0.5, 0.6) is 0 Å². The summed E-state index contributed by atoms with van der Waals surface area (Å²) in [5.41, 5.74) is 8.81. The van der Waals surface area contributed by atoms with Gasteiger partial charge in [-0.25, -0.2) is 4.98 Å². The Hall–Kier alpha value is -3.24. The SMILES string of the molecule is Cc1ccc2nc3c(c(-c4ccccc4)c2c1)Cn1c-3cc(CCO)c(C)c1=O. The Labute approximate surface area is 169 Å². The van der Waals surface area contributed by atoms with Gasteiger partial charge >= 0.3 is 0 Å². The van der Waals surface area contributed by atoms with Gasteiger partial charge in [-0.15, -0.1) is 0 Å². The second kappa shape index (κ2) is 6.68. The number of nitrogens with zero attached hydrogens (tertiary/aromatic N) is 2. The minimum absolute atomic E-state index is 0.00296. The monoisotopic (exact) mass is 382 g/mol. The molecule has 4 aromatic rings. The molecule has 0 bridgehead atoms. The molecule has 4 heteroatoms. The quantitative estimate of drug-likeness (QED) is 0.508. The van der Waals surface area contributed by atoms with Gasteiger partial charge in [0.15, 0.2) is 0 Å². The molecule has 5 rings (SSSR count). The van der Waals surface area contributed by atoms with E-state index in [2.05, 4.69) is 37.3 Å². The highest BCUT2D eigenvalue weighted by Crippen LogP contribution is 2.41. The third kappa shape index (κ3) is 2.71. The molecular formula is C25H22N2O2. The Balaban J connectivity index is 1.88. The van der Waals surface area contributed by atoms with Crippen LogP contribution in [0.1, 0.15) is 22.3 Å². The van der Waals surface area contributed by atoms with E-state index in [0.717, 1.165) is 44.5 Å². The van der Waals surface area contributed by atoms with Crippen molar-refractivity contribution in [1.29, 1.82) is 0 Å². The molecule has 0 saturated heterocycles. The average molecular weight is 382 g/mol. The lowest BCUT2D eigenvalue weighted by molar-refractivity contribution is 0.299. The standard InChI is InChI=1S/C25H22N2O2/c1-15-8-9-21-19(12-15)23(17-6-4-3-5-7-17)20-14-27-22(24(20)26-21)13-18(10-11-28)16(2)25(27)29/h3-9,12-13,28H,10-11,14H2,1-2H3. The summed E-state index contributed by atoms with van der Waals surface area (Å²) in [7, 11) is 0. The van der Waals surface area contributed by atoms with Crippen LogP contribution >= 0.6 is 0 Å². The Morgan fingerprint density at radius 1 is 1.07 bits per heavy atom. The van der Waals surface area contributed by atoms with Crippen LogP contribution < -0.4 is 5.56 Å². The Morgan fingerprint density at radius 3 is 2.62 bits per heavy atom. The number of rotatable bonds is 3. The molecule has 1 aliphatic rings. The lowest BCUT2D eigenvalue weighted by Gasteiger charge is -2.13. The van der Waals surface area contributed by atoms with Crippen molar-refractivity contribution >= 4 is 10.9 Å². The van der Waals surface area contributed by atoms with E-state index in [4.69, 9.17) is 4.98 Å². The minimum atomic E-state index is 0.00296. The van der Waals surface area contributed by atoms with Crippen LogP contribution in [0.2, 0.25) is 0 Å². The topological polar surface area (TPSA) is 55.1 Å². The molecule has 0 amide bonds. The lowest BCUT2D eigenvalue weighted by Crippen LogP contribution is -2.23. The molecule has 29 heavy (non-hydrogen) atoms. The van der Waals surface area contributed by atoms with Crippen molar-refractivity contribution in [3.63, 3.8) is 0 Å². The summed E-state index contributed by atoms with van der Waals surface area (Å²) in [5, 5.41) is 10.5. The van der Waals surface area contributed by atoms with Gasteiger partial charge in [-0.1, -0.05) is 42.0 Å². The van der Waals surface area contributed by atoms with E-state index < -0.39 is 0 Å². The summed E-state index contributed by atoms with van der Waals surface area (Å²) < 4.78 is 1.83. The van der Waals surface area contributed by atoms with E-state index in [1.807, 2.05) is 35.8 Å². The van der Waals surface area contributed by atoms with Gasteiger partial charge in [-0.05, 0) is 55.2 Å². The van der Waals surface area contributed by atoms with E-state index in [0.29, 0.717) is 18.5 Å². The molecule has 0 radical (unpaired) electrons. The van der Waals surface area contributed by atoms with Crippen molar-refractivity contribution in [1.82, 2.24) is 9.55 Å². The Kier molecular flexibility index (Phi) is 4.10. The maximum absolute atomic E-state index is 13.1. The van der Waals surface area contributed by atoms with Crippen molar-refractivity contribution in [2.24, 2.45) is 0 Å². The first-order chi connectivity index (χ1) is 14.1. The first-order valence-electron chi connectivity index (χ1n) is 9.91. The number of hydrogen-bond donors (Lipinski definition) is 1. The molecule has 0 aliphatic carbocycles. The molecule has 2 aromatic heterocycles. The summed E-state index contributed by atoms with van der Waals surface area (Å²) >= 11 is 0. The van der Waals surface area contributed by atoms with Gasteiger partial charge in [-0.2, -0.15) is 0 Å². The smallest absolute Gasteiger partial charge is 0.254 e. The van der Waals surface area contributed by atoms with Gasteiger partial charge in [0.2, 0.25) is 0 Å². The molecule has 4 nitrogen and oxygen atoms in total. The van der Waals surface area contributed by atoms with Crippen molar-refractivity contribution in [2.75, 3.05) is 6.61 Å². The van der Waals surface area contributed by atoms with E-state index in [1.165, 1.54) is 5.56 Å². The molecule has 0 spiro atoms. The van der Waals surface area contributed by atoms with E-state index in [9.17, 15) is 9.90 Å². The molecule has 3 heterocycles. The fourth-order valence-corrected chi connectivity index (χ4v) is 4.41. The largest absolute Gasteiger partial charge is 0.396 e. The minimum Gasteiger partial charge on any atom is -0.396 e. The van der Waals surface area contributed by atoms with Crippen LogP contribution in [0.15, 0.2) is 59.4 Å². The van der Waals surface area contributed by atoms with Crippen LogP contribution in [-0.4, -0.2) is 21.3 Å². The van der Waals surface area contributed by atoms with Crippen molar-refractivity contribution in [2.45, 2.75) is 26.8 Å². The Bertz CT molecular complexity index is 1320. The number of pyridine rings is 2. The Morgan fingerprint density at radius 2 is 1.86 bits per heavy atom. The number of aliphatic hydroxyl groups excluding tert-OH is 1. The molecule has 1 aliphatic heterocycles. The summed E-state index contributed by atoms with van der Waals surface area (Å²) in [6.07, 6.45) is 0.475. The fraction of sp³-hybridized carbons (Fsp3) is 0.200. The highest BCUT2D eigenvalue weighted by molar-refractivity contribution is 6.00. The summed E-state index contributed by atoms with van der Waals surface area (Å²) in [5.74, 6) is 0. The number of aromatic nitrogens is 2. The second-order valence-electron chi connectivity index (χ2n) is 7.75. The number of aryl methyl sites for hydroxylation is 1. The molecule has 144 valence electrons. The second-order valence-corrected chi connectivity index (χ2v) is 7.75. The molecule has 0 fully saturated rings. The highest BCUT2D eigenvalue weighted by atomic mass is 16.3. The van der Waals surface area contributed by atoms with Gasteiger partial charge in [0, 0.05) is 23.1 Å². The first kappa shape index (κ1) is 17.8. The van der Waals surface area contributed by atoms with E-state index in [1.54, 1.807) is 0 Å². The van der Waals surface area contributed by atoms with Crippen molar-refractivity contribution in [3.8, 4) is 22.5 Å². The molecular weight excluding hydrogens is 360 g/mol. The fourth-order valence-electron chi connectivity index (χ4n) is 4.41. The van der Waals surface area contributed by atoms with Gasteiger partial charge in [0.1, 0.15) is 0 Å². The van der Waals surface area contributed by atoms with Gasteiger partial charge in [0.05, 0.1) is 23.4 Å². The third-order valence-corrected chi connectivity index (χ3v) is 5.89.